The zero-order valence-electron chi connectivity index (χ0n) is 13.6. The van der Waals surface area contributed by atoms with E-state index in [1.54, 1.807) is 27.7 Å². The van der Waals surface area contributed by atoms with Crippen LogP contribution in [0.3, 0.4) is 0 Å². The van der Waals surface area contributed by atoms with E-state index in [1.807, 2.05) is 5.32 Å². The molecule has 23 heavy (non-hydrogen) atoms. The molecule has 12 heteroatoms. The molecule has 0 heterocycles. The number of carbonyl (C=O) groups is 2. The lowest BCUT2D eigenvalue weighted by atomic mass is 10.7. The fraction of sp³-hybridized carbons (Fsp3) is 0.818. The maximum absolute atomic E-state index is 12.2. The molecular formula is C11H23NO7P2S2. The number of hydrogen-bond donors (Lipinski definition) is 1. The maximum Gasteiger partial charge on any atom is 0.418 e. The number of amides is 2. The van der Waals surface area contributed by atoms with Crippen LogP contribution in [0, 0.1) is 0 Å². The maximum atomic E-state index is 12.2. The van der Waals surface area contributed by atoms with E-state index in [-0.39, 0.29) is 19.0 Å². The van der Waals surface area contributed by atoms with Gasteiger partial charge in [0.05, 0.1) is 32.2 Å². The largest absolute Gasteiger partial charge is 0.418 e. The van der Waals surface area contributed by atoms with Crippen molar-refractivity contribution in [2.75, 3.05) is 32.2 Å². The van der Waals surface area contributed by atoms with Crippen molar-refractivity contribution in [1.29, 1.82) is 0 Å². The van der Waals surface area contributed by atoms with Gasteiger partial charge in [-0.3, -0.25) is 14.9 Å². The van der Waals surface area contributed by atoms with E-state index in [9.17, 15) is 14.2 Å². The molecule has 2 amide bonds. The topological polar surface area (TPSA) is 100 Å². The van der Waals surface area contributed by atoms with Gasteiger partial charge in [0.15, 0.2) is 0 Å². The first-order valence-corrected chi connectivity index (χ1v) is 12.8. The van der Waals surface area contributed by atoms with E-state index >= 15 is 0 Å². The summed E-state index contributed by atoms with van der Waals surface area (Å²) in [6.45, 7) is 7.42. The van der Waals surface area contributed by atoms with Gasteiger partial charge in [0.1, 0.15) is 0 Å². The Hall–Kier alpha value is 0.210. The molecule has 0 aromatic heterocycles. The fourth-order valence-electron chi connectivity index (χ4n) is 1.28. The molecule has 0 aromatic carbocycles. The van der Waals surface area contributed by atoms with Gasteiger partial charge in [-0.05, 0) is 39.5 Å². The van der Waals surface area contributed by atoms with Crippen molar-refractivity contribution in [3.05, 3.63) is 0 Å². The van der Waals surface area contributed by atoms with Gasteiger partial charge >= 0.3 is 13.2 Å². The minimum absolute atomic E-state index is 0.0170. The van der Waals surface area contributed by atoms with Gasteiger partial charge in [0.25, 0.3) is 0 Å². The van der Waals surface area contributed by atoms with Crippen LogP contribution >= 0.6 is 24.7 Å². The Labute approximate surface area is 145 Å². The first kappa shape index (κ1) is 23.2. The van der Waals surface area contributed by atoms with E-state index in [4.69, 9.17) is 29.9 Å². The van der Waals surface area contributed by atoms with Crippen LogP contribution in [0.15, 0.2) is 0 Å². The third-order valence-corrected chi connectivity index (χ3v) is 9.23. The van der Waals surface area contributed by atoms with Gasteiger partial charge in [0, 0.05) is 0 Å². The molecule has 0 bridgehead atoms. The van der Waals surface area contributed by atoms with Gasteiger partial charge in [0.2, 0.25) is 11.6 Å². The van der Waals surface area contributed by atoms with Crippen LogP contribution < -0.4 is 5.32 Å². The Balaban J connectivity index is 4.66. The number of imide groups is 1. The van der Waals surface area contributed by atoms with E-state index in [2.05, 4.69) is 0 Å². The Kier molecular flexibility index (Phi) is 11.8. The lowest BCUT2D eigenvalue weighted by Crippen LogP contribution is -2.31. The van der Waals surface area contributed by atoms with Crippen LogP contribution in [-0.4, -0.2) is 43.7 Å². The molecule has 0 saturated heterocycles. The monoisotopic (exact) mass is 407 g/mol. The summed E-state index contributed by atoms with van der Waals surface area (Å²) in [6.07, 6.45) is 0. The summed E-state index contributed by atoms with van der Waals surface area (Å²) in [5.74, 6) is -0.838. The molecule has 136 valence electrons. The lowest BCUT2D eigenvalue weighted by molar-refractivity contribution is -0.117. The molecule has 0 fully saturated rings. The third kappa shape index (κ3) is 8.74. The highest BCUT2D eigenvalue weighted by molar-refractivity contribution is 8.68. The number of hydrogen-bond acceptors (Lipinski definition) is 9. The van der Waals surface area contributed by atoms with Gasteiger partial charge in [-0.15, -0.1) is 0 Å². The van der Waals surface area contributed by atoms with E-state index in [0.29, 0.717) is 13.2 Å². The van der Waals surface area contributed by atoms with Gasteiger partial charge in [-0.2, -0.15) is 0 Å². The number of nitrogens with one attached hydrogen (secondary N) is 1. The van der Waals surface area contributed by atoms with Crippen LogP contribution in [-0.2, 0) is 39.3 Å². The van der Waals surface area contributed by atoms with Crippen LogP contribution in [0.25, 0.3) is 0 Å². The van der Waals surface area contributed by atoms with Crippen LogP contribution in [0.5, 0.6) is 0 Å². The zero-order chi connectivity index (χ0) is 17.9. The quantitative estimate of drug-likeness (QED) is 0.487. The molecule has 0 atom stereocenters. The second-order valence-electron chi connectivity index (χ2n) is 3.74. The average Bonchev–Trinajstić information content (AvgIpc) is 2.46. The Morgan fingerprint density at radius 3 is 1.78 bits per heavy atom. The number of rotatable bonds is 12. The van der Waals surface area contributed by atoms with Crippen molar-refractivity contribution < 1.29 is 32.2 Å². The summed E-state index contributed by atoms with van der Waals surface area (Å²) in [7, 11) is -4.01. The number of carbonyl (C=O) groups excluding carboxylic acids is 2. The third-order valence-electron chi connectivity index (χ3n) is 2.02. The molecule has 8 nitrogen and oxygen atoms in total. The molecule has 0 aliphatic rings. The molecule has 0 aliphatic carbocycles. The highest BCUT2D eigenvalue weighted by atomic mass is 32.9. The first-order valence-electron chi connectivity index (χ1n) is 7.04. The van der Waals surface area contributed by atoms with Gasteiger partial charge in [-0.1, -0.05) is 11.4 Å². The summed E-state index contributed by atoms with van der Waals surface area (Å²) in [5.41, 5.74) is -3.73. The Morgan fingerprint density at radius 1 is 0.957 bits per heavy atom. The molecule has 0 saturated carbocycles. The molecule has 0 radical (unpaired) electrons. The molecule has 1 N–H and O–H groups in total. The zero-order valence-corrected chi connectivity index (χ0v) is 17.0. The van der Waals surface area contributed by atoms with Crippen molar-refractivity contribution in [1.82, 2.24) is 5.32 Å². The van der Waals surface area contributed by atoms with Crippen molar-refractivity contribution in [2.45, 2.75) is 27.7 Å². The van der Waals surface area contributed by atoms with Gasteiger partial charge in [-0.25, -0.2) is 4.57 Å². The van der Waals surface area contributed by atoms with Crippen LogP contribution in [0.1, 0.15) is 27.7 Å². The standard InChI is InChI=1S/C11H23NO7P2S2/c1-5-16-20(15,17-6-2)11(14)12-10(13)9-23-21(22,18-7-3)19-8-4/h5-9H2,1-4H3,(H,12,13,14). The van der Waals surface area contributed by atoms with E-state index in [0.717, 1.165) is 11.4 Å². The van der Waals surface area contributed by atoms with Crippen LogP contribution in [0.2, 0.25) is 0 Å². The van der Waals surface area contributed by atoms with E-state index in [1.165, 1.54) is 0 Å². The molecule has 0 spiro atoms. The van der Waals surface area contributed by atoms with Crippen molar-refractivity contribution in [2.24, 2.45) is 0 Å². The summed E-state index contributed by atoms with van der Waals surface area (Å²) in [4.78, 5) is 23.7. The lowest BCUT2D eigenvalue weighted by Gasteiger charge is -2.20. The first-order chi connectivity index (χ1) is 10.8. The average molecular weight is 407 g/mol. The second kappa shape index (κ2) is 11.7. The Morgan fingerprint density at radius 2 is 1.39 bits per heavy atom. The predicted molar refractivity (Wildman–Crippen MR) is 94.4 cm³/mol. The minimum atomic E-state index is -4.01. The molecule has 0 rings (SSSR count). The highest BCUT2D eigenvalue weighted by Gasteiger charge is 2.35. The molecule has 0 unspecified atom stereocenters. The molecule has 0 aromatic rings. The van der Waals surface area contributed by atoms with Crippen molar-refractivity contribution in [3.63, 3.8) is 0 Å². The molecular weight excluding hydrogens is 384 g/mol. The fourth-order valence-corrected chi connectivity index (χ4v) is 6.75. The smallest absolute Gasteiger partial charge is 0.322 e. The highest BCUT2D eigenvalue weighted by Crippen LogP contribution is 2.60. The minimum Gasteiger partial charge on any atom is -0.322 e. The summed E-state index contributed by atoms with van der Waals surface area (Å²) in [5, 5.41) is 2.00. The molecule has 0 aliphatic heterocycles. The summed E-state index contributed by atoms with van der Waals surface area (Å²) in [6, 6.07) is 0. The Bertz CT molecular complexity index is 469. The summed E-state index contributed by atoms with van der Waals surface area (Å²) < 4.78 is 32.6. The van der Waals surface area contributed by atoms with Crippen molar-refractivity contribution >= 4 is 48.0 Å². The normalized spacial score (nSPS) is 12.2. The summed E-state index contributed by atoms with van der Waals surface area (Å²) >= 11 is 6.26. The van der Waals surface area contributed by atoms with E-state index < -0.39 is 24.8 Å². The van der Waals surface area contributed by atoms with Crippen LogP contribution in [0.4, 0.5) is 4.79 Å². The second-order valence-corrected chi connectivity index (χ2v) is 12.0. The predicted octanol–water partition coefficient (Wildman–Crippen LogP) is 3.52. The SMILES string of the molecule is CCOP(=O)(OCC)C(=O)NC(=O)CSP(=S)(OCC)OCC. The van der Waals surface area contributed by atoms with Gasteiger partial charge < -0.3 is 18.1 Å². The van der Waals surface area contributed by atoms with Crippen molar-refractivity contribution in [3.8, 4) is 0 Å².